The van der Waals surface area contributed by atoms with E-state index in [4.69, 9.17) is 0 Å². The van der Waals surface area contributed by atoms with Crippen molar-refractivity contribution in [2.75, 3.05) is 0 Å². The number of amides is 2. The second kappa shape index (κ2) is 12.1. The van der Waals surface area contributed by atoms with Crippen LogP contribution >= 0.6 is 0 Å². The van der Waals surface area contributed by atoms with E-state index in [-0.39, 0.29) is 30.8 Å². The first kappa shape index (κ1) is 25.2. The standard InChI is InChI=1S/C29H33FN2O2/c1-4-22(3)31-29(34)27(18-23-13-6-5-7-14-23)32(20-25-16-10-11-17-26(25)30)28(33)19-24-15-9-8-12-21(24)2/h5-17,22,27H,4,18-20H2,1-3H3,(H,31,34)/t22-,27-/m1/s1. The number of nitrogens with one attached hydrogen (secondary N) is 1. The summed E-state index contributed by atoms with van der Waals surface area (Å²) >= 11 is 0. The van der Waals surface area contributed by atoms with Crippen LogP contribution in [0.2, 0.25) is 0 Å². The molecule has 34 heavy (non-hydrogen) atoms. The molecule has 3 aromatic rings. The van der Waals surface area contributed by atoms with Crippen molar-refractivity contribution in [3.8, 4) is 0 Å². The van der Waals surface area contributed by atoms with Crippen molar-refractivity contribution in [1.29, 1.82) is 0 Å². The third-order valence-corrected chi connectivity index (χ3v) is 6.17. The summed E-state index contributed by atoms with van der Waals surface area (Å²) < 4.78 is 14.6. The fourth-order valence-electron chi connectivity index (χ4n) is 3.88. The molecule has 0 saturated carbocycles. The monoisotopic (exact) mass is 460 g/mol. The highest BCUT2D eigenvalue weighted by Gasteiger charge is 2.31. The van der Waals surface area contributed by atoms with E-state index in [1.165, 1.54) is 11.0 Å². The van der Waals surface area contributed by atoms with Gasteiger partial charge in [0.25, 0.3) is 0 Å². The maximum absolute atomic E-state index is 14.6. The van der Waals surface area contributed by atoms with Gasteiger partial charge in [0.1, 0.15) is 11.9 Å². The lowest BCUT2D eigenvalue weighted by Gasteiger charge is -2.32. The summed E-state index contributed by atoms with van der Waals surface area (Å²) in [6.45, 7) is 5.91. The van der Waals surface area contributed by atoms with Gasteiger partial charge in [-0.1, -0.05) is 79.7 Å². The zero-order valence-electron chi connectivity index (χ0n) is 20.1. The molecule has 0 heterocycles. The fourth-order valence-corrected chi connectivity index (χ4v) is 3.88. The molecule has 0 aliphatic carbocycles. The Morgan fingerprint density at radius 3 is 2.18 bits per heavy atom. The van der Waals surface area contributed by atoms with Crippen LogP contribution in [0, 0.1) is 12.7 Å². The van der Waals surface area contributed by atoms with Crippen LogP contribution in [0.4, 0.5) is 4.39 Å². The van der Waals surface area contributed by atoms with Crippen LogP contribution in [0.3, 0.4) is 0 Å². The van der Waals surface area contributed by atoms with Gasteiger partial charge in [-0.25, -0.2) is 4.39 Å². The van der Waals surface area contributed by atoms with Crippen molar-refractivity contribution in [2.45, 2.75) is 58.7 Å². The Labute approximate surface area is 201 Å². The molecule has 0 saturated heterocycles. The maximum atomic E-state index is 14.6. The van der Waals surface area contributed by atoms with Crippen LogP contribution in [-0.4, -0.2) is 28.8 Å². The molecule has 0 bridgehead atoms. The van der Waals surface area contributed by atoms with Gasteiger partial charge < -0.3 is 10.2 Å². The highest BCUT2D eigenvalue weighted by molar-refractivity contribution is 5.89. The predicted octanol–water partition coefficient (Wildman–Crippen LogP) is 5.23. The molecule has 178 valence electrons. The van der Waals surface area contributed by atoms with E-state index in [0.29, 0.717) is 12.0 Å². The second-order valence-corrected chi connectivity index (χ2v) is 8.74. The lowest BCUT2D eigenvalue weighted by Crippen LogP contribution is -2.52. The van der Waals surface area contributed by atoms with Crippen LogP contribution in [-0.2, 0) is 29.0 Å². The molecule has 3 rings (SSSR count). The number of hydrogen-bond acceptors (Lipinski definition) is 2. The number of halogens is 1. The summed E-state index contributed by atoms with van der Waals surface area (Å²) in [5, 5.41) is 3.03. The second-order valence-electron chi connectivity index (χ2n) is 8.74. The van der Waals surface area contributed by atoms with Gasteiger partial charge in [0.05, 0.1) is 6.42 Å². The van der Waals surface area contributed by atoms with E-state index in [1.807, 2.05) is 75.4 Å². The van der Waals surface area contributed by atoms with Crippen LogP contribution in [0.15, 0.2) is 78.9 Å². The lowest BCUT2D eigenvalue weighted by atomic mass is 10.00. The summed E-state index contributed by atoms with van der Waals surface area (Å²) in [7, 11) is 0. The molecule has 1 N–H and O–H groups in total. The van der Waals surface area contributed by atoms with Crippen molar-refractivity contribution >= 4 is 11.8 Å². The van der Waals surface area contributed by atoms with E-state index in [1.54, 1.807) is 18.2 Å². The van der Waals surface area contributed by atoms with Crippen LogP contribution in [0.5, 0.6) is 0 Å². The first-order valence-electron chi connectivity index (χ1n) is 11.8. The topological polar surface area (TPSA) is 49.4 Å². The summed E-state index contributed by atoms with van der Waals surface area (Å²) in [4.78, 5) is 28.7. The van der Waals surface area contributed by atoms with E-state index < -0.39 is 11.9 Å². The average Bonchev–Trinajstić information content (AvgIpc) is 2.84. The van der Waals surface area contributed by atoms with Crippen LogP contribution in [0.25, 0.3) is 0 Å². The molecule has 2 atom stereocenters. The number of nitrogens with zero attached hydrogens (tertiary/aromatic N) is 1. The summed E-state index contributed by atoms with van der Waals surface area (Å²) in [5.74, 6) is -0.831. The molecule has 0 radical (unpaired) electrons. The van der Waals surface area contributed by atoms with Crippen molar-refractivity contribution in [3.63, 3.8) is 0 Å². The minimum atomic E-state index is -0.771. The number of carbonyl (C=O) groups excluding carboxylic acids is 2. The molecule has 4 nitrogen and oxygen atoms in total. The van der Waals surface area contributed by atoms with Gasteiger partial charge in [-0.05, 0) is 43.0 Å². The van der Waals surface area contributed by atoms with Crippen LogP contribution < -0.4 is 5.32 Å². The first-order chi connectivity index (χ1) is 16.4. The number of benzene rings is 3. The zero-order chi connectivity index (χ0) is 24.5. The van der Waals surface area contributed by atoms with Crippen molar-refractivity contribution < 1.29 is 14.0 Å². The number of aryl methyl sites for hydroxylation is 1. The van der Waals surface area contributed by atoms with Gasteiger partial charge in [0, 0.05) is 24.6 Å². The van der Waals surface area contributed by atoms with E-state index in [0.717, 1.165) is 23.1 Å². The molecule has 0 spiro atoms. The molecular formula is C29H33FN2O2. The zero-order valence-corrected chi connectivity index (χ0v) is 20.1. The van der Waals surface area contributed by atoms with Gasteiger partial charge in [-0.2, -0.15) is 0 Å². The predicted molar refractivity (Wildman–Crippen MR) is 134 cm³/mol. The Morgan fingerprint density at radius 1 is 0.912 bits per heavy atom. The van der Waals surface area contributed by atoms with Crippen molar-refractivity contribution in [2.24, 2.45) is 0 Å². The van der Waals surface area contributed by atoms with Crippen LogP contribution in [0.1, 0.15) is 42.5 Å². The Hall–Kier alpha value is -3.47. The third-order valence-electron chi connectivity index (χ3n) is 6.17. The fraction of sp³-hybridized carbons (Fsp3) is 0.310. The number of rotatable bonds is 10. The van der Waals surface area contributed by atoms with Gasteiger partial charge in [-0.15, -0.1) is 0 Å². The minimum absolute atomic E-state index is 0.0167. The SMILES string of the molecule is CC[C@@H](C)NC(=O)[C@@H](Cc1ccccc1)N(Cc1ccccc1F)C(=O)Cc1ccccc1C. The molecule has 0 fully saturated rings. The quantitative estimate of drug-likeness (QED) is 0.450. The molecular weight excluding hydrogens is 427 g/mol. The van der Waals surface area contributed by atoms with Crippen molar-refractivity contribution in [3.05, 3.63) is 107 Å². The largest absolute Gasteiger partial charge is 0.352 e. The Morgan fingerprint density at radius 2 is 1.53 bits per heavy atom. The highest BCUT2D eigenvalue weighted by Crippen LogP contribution is 2.19. The van der Waals surface area contributed by atoms with Gasteiger partial charge in [0.15, 0.2) is 0 Å². The molecule has 0 aromatic heterocycles. The number of hydrogen-bond donors (Lipinski definition) is 1. The number of carbonyl (C=O) groups is 2. The average molecular weight is 461 g/mol. The van der Waals surface area contributed by atoms with E-state index >= 15 is 0 Å². The summed E-state index contributed by atoms with van der Waals surface area (Å²) in [6.07, 6.45) is 1.26. The Bertz CT molecular complexity index is 1100. The molecule has 0 unspecified atom stereocenters. The maximum Gasteiger partial charge on any atom is 0.243 e. The smallest absolute Gasteiger partial charge is 0.243 e. The Balaban J connectivity index is 2.00. The van der Waals surface area contributed by atoms with E-state index in [2.05, 4.69) is 5.32 Å². The Kier molecular flexibility index (Phi) is 8.97. The first-order valence-corrected chi connectivity index (χ1v) is 11.8. The third kappa shape index (κ3) is 6.77. The normalized spacial score (nSPS) is 12.6. The summed E-state index contributed by atoms with van der Waals surface area (Å²) in [6, 6.07) is 22.9. The molecule has 0 aliphatic rings. The molecule has 0 aliphatic heterocycles. The van der Waals surface area contributed by atoms with Gasteiger partial charge >= 0.3 is 0 Å². The van der Waals surface area contributed by atoms with E-state index in [9.17, 15) is 14.0 Å². The summed E-state index contributed by atoms with van der Waals surface area (Å²) in [5.41, 5.74) is 3.22. The van der Waals surface area contributed by atoms with Gasteiger partial charge in [-0.3, -0.25) is 9.59 Å². The van der Waals surface area contributed by atoms with Gasteiger partial charge in [0.2, 0.25) is 11.8 Å². The van der Waals surface area contributed by atoms with Crippen molar-refractivity contribution in [1.82, 2.24) is 10.2 Å². The molecule has 3 aromatic carbocycles. The molecule has 5 heteroatoms. The highest BCUT2D eigenvalue weighted by atomic mass is 19.1. The lowest BCUT2D eigenvalue weighted by molar-refractivity contribution is -0.141. The minimum Gasteiger partial charge on any atom is -0.352 e. The molecule has 2 amide bonds.